The summed E-state index contributed by atoms with van der Waals surface area (Å²) in [5, 5.41) is 20.7. The van der Waals surface area contributed by atoms with Crippen LogP contribution in [0.2, 0.25) is 0 Å². The largest absolute Gasteiger partial charge is 0.488 e. The Kier molecular flexibility index (Phi) is 6.18. The second-order valence-corrected chi connectivity index (χ2v) is 7.61. The maximum Gasteiger partial charge on any atom is 0.342 e. The molecule has 1 N–H and O–H groups in total. The minimum absolute atomic E-state index is 0.000551. The van der Waals surface area contributed by atoms with Crippen LogP contribution >= 0.6 is 11.8 Å². The standard InChI is InChI=1S/C23H16N2O6S/c26-22(27)21(32-23-24-18-6-2-4-8-20(18)31-23)13-16-5-1-3-7-19(16)30-14-15-9-11-17(12-10-15)25(28)29/h1-13H,14H2,(H,26,27)/b21-13-. The number of aliphatic carboxylic acids is 1. The van der Waals surface area contributed by atoms with E-state index in [4.69, 9.17) is 9.15 Å². The number of benzene rings is 3. The molecule has 160 valence electrons. The summed E-state index contributed by atoms with van der Waals surface area (Å²) in [6.45, 7) is 0.170. The lowest BCUT2D eigenvalue weighted by atomic mass is 10.2. The second kappa shape index (κ2) is 9.36. The van der Waals surface area contributed by atoms with Crippen molar-refractivity contribution in [2.24, 2.45) is 0 Å². The number of carboxylic acid groups (broad SMARTS) is 1. The first-order valence-electron chi connectivity index (χ1n) is 9.43. The number of non-ortho nitro benzene ring substituents is 1. The van der Waals surface area contributed by atoms with Crippen LogP contribution in [-0.4, -0.2) is 21.0 Å². The van der Waals surface area contributed by atoms with Crippen LogP contribution in [0.4, 0.5) is 5.69 Å². The molecule has 0 saturated heterocycles. The number of rotatable bonds is 8. The van der Waals surface area contributed by atoms with Gasteiger partial charge in [0.1, 0.15) is 22.8 Å². The summed E-state index contributed by atoms with van der Waals surface area (Å²) in [5.41, 5.74) is 2.53. The van der Waals surface area contributed by atoms with Gasteiger partial charge < -0.3 is 14.3 Å². The average Bonchev–Trinajstić information content (AvgIpc) is 3.20. The summed E-state index contributed by atoms with van der Waals surface area (Å²) in [5.74, 6) is -0.648. The summed E-state index contributed by atoms with van der Waals surface area (Å²) in [6, 6.07) is 20.2. The number of nitro benzene ring substituents is 1. The van der Waals surface area contributed by atoms with Crippen LogP contribution in [0.1, 0.15) is 11.1 Å². The molecule has 3 aromatic carbocycles. The summed E-state index contributed by atoms with van der Waals surface area (Å²) < 4.78 is 11.5. The second-order valence-electron chi connectivity index (χ2n) is 6.61. The van der Waals surface area contributed by atoms with E-state index in [9.17, 15) is 20.0 Å². The highest BCUT2D eigenvalue weighted by Gasteiger charge is 2.16. The van der Waals surface area contributed by atoms with Gasteiger partial charge in [-0.15, -0.1) is 0 Å². The number of nitrogens with zero attached hydrogens (tertiary/aromatic N) is 2. The third-order valence-corrected chi connectivity index (χ3v) is 5.29. The van der Waals surface area contributed by atoms with E-state index in [1.807, 2.05) is 12.1 Å². The van der Waals surface area contributed by atoms with Gasteiger partial charge in [-0.05, 0) is 53.7 Å². The van der Waals surface area contributed by atoms with Gasteiger partial charge in [0, 0.05) is 17.7 Å². The number of aromatic nitrogens is 1. The van der Waals surface area contributed by atoms with E-state index in [2.05, 4.69) is 4.98 Å². The monoisotopic (exact) mass is 448 g/mol. The van der Waals surface area contributed by atoms with E-state index < -0.39 is 10.9 Å². The Morgan fingerprint density at radius 1 is 1.09 bits per heavy atom. The van der Waals surface area contributed by atoms with Crippen molar-refractivity contribution in [3.63, 3.8) is 0 Å². The first-order chi connectivity index (χ1) is 15.5. The van der Waals surface area contributed by atoms with Crippen LogP contribution in [0.3, 0.4) is 0 Å². The normalized spacial score (nSPS) is 11.4. The molecule has 0 aliphatic carbocycles. The number of nitro groups is 1. The van der Waals surface area contributed by atoms with Gasteiger partial charge in [0.05, 0.1) is 4.92 Å². The molecule has 0 bridgehead atoms. The molecular weight excluding hydrogens is 432 g/mol. The molecule has 4 aromatic rings. The molecule has 4 rings (SSSR count). The van der Waals surface area contributed by atoms with Crippen molar-refractivity contribution in [1.82, 2.24) is 4.98 Å². The maximum absolute atomic E-state index is 11.8. The third-order valence-electron chi connectivity index (χ3n) is 4.43. The minimum atomic E-state index is -1.12. The fourth-order valence-electron chi connectivity index (χ4n) is 2.87. The molecule has 0 aliphatic rings. The van der Waals surface area contributed by atoms with Crippen LogP contribution in [0.15, 0.2) is 87.3 Å². The van der Waals surface area contributed by atoms with Gasteiger partial charge in [0.25, 0.3) is 10.9 Å². The zero-order valence-electron chi connectivity index (χ0n) is 16.5. The van der Waals surface area contributed by atoms with E-state index >= 15 is 0 Å². The number of oxazole rings is 1. The van der Waals surface area contributed by atoms with Gasteiger partial charge in [-0.2, -0.15) is 0 Å². The van der Waals surface area contributed by atoms with Crippen LogP contribution in [0, 0.1) is 10.1 Å². The predicted molar refractivity (Wildman–Crippen MR) is 119 cm³/mol. The molecule has 1 heterocycles. The van der Waals surface area contributed by atoms with Gasteiger partial charge in [0.2, 0.25) is 0 Å². The lowest BCUT2D eigenvalue weighted by molar-refractivity contribution is -0.384. The highest BCUT2D eigenvalue weighted by atomic mass is 32.2. The lowest BCUT2D eigenvalue weighted by Crippen LogP contribution is -1.99. The van der Waals surface area contributed by atoms with E-state index in [1.165, 1.54) is 18.2 Å². The van der Waals surface area contributed by atoms with E-state index in [-0.39, 0.29) is 22.4 Å². The molecular formula is C23H16N2O6S. The van der Waals surface area contributed by atoms with Crippen molar-refractivity contribution in [1.29, 1.82) is 0 Å². The summed E-state index contributed by atoms with van der Waals surface area (Å²) in [7, 11) is 0. The number of carboxylic acids is 1. The Morgan fingerprint density at radius 2 is 1.81 bits per heavy atom. The average molecular weight is 448 g/mol. The topological polar surface area (TPSA) is 116 Å². The molecule has 1 aromatic heterocycles. The zero-order valence-corrected chi connectivity index (χ0v) is 17.3. The summed E-state index contributed by atoms with van der Waals surface area (Å²) in [4.78, 5) is 26.5. The molecule has 0 amide bonds. The SMILES string of the molecule is O=C(O)/C(=C/c1ccccc1OCc1ccc([N+](=O)[O-])cc1)Sc1nc2ccccc2o1. The molecule has 32 heavy (non-hydrogen) atoms. The maximum atomic E-state index is 11.8. The number of thioether (sulfide) groups is 1. The van der Waals surface area contributed by atoms with Gasteiger partial charge in [-0.25, -0.2) is 9.78 Å². The molecule has 0 spiro atoms. The van der Waals surface area contributed by atoms with Crippen LogP contribution in [-0.2, 0) is 11.4 Å². The fourth-order valence-corrected chi connectivity index (χ4v) is 3.61. The number of hydrogen-bond acceptors (Lipinski definition) is 7. The van der Waals surface area contributed by atoms with E-state index in [0.717, 1.165) is 17.3 Å². The molecule has 0 atom stereocenters. The minimum Gasteiger partial charge on any atom is -0.488 e. The van der Waals surface area contributed by atoms with Crippen molar-refractivity contribution in [3.05, 3.63) is 98.9 Å². The van der Waals surface area contributed by atoms with Crippen LogP contribution in [0.25, 0.3) is 17.2 Å². The molecule has 8 nitrogen and oxygen atoms in total. The Labute approximate surface area is 186 Å². The first-order valence-corrected chi connectivity index (χ1v) is 10.2. The van der Waals surface area contributed by atoms with Gasteiger partial charge in [-0.1, -0.05) is 30.3 Å². The van der Waals surface area contributed by atoms with E-state index in [0.29, 0.717) is 22.4 Å². The van der Waals surface area contributed by atoms with Crippen LogP contribution in [0.5, 0.6) is 5.75 Å². The molecule has 0 fully saturated rings. The number of hydrogen-bond donors (Lipinski definition) is 1. The smallest absolute Gasteiger partial charge is 0.342 e. The Bertz CT molecular complexity index is 1280. The quantitative estimate of drug-likeness (QED) is 0.162. The van der Waals surface area contributed by atoms with Crippen molar-refractivity contribution >= 4 is 40.6 Å². The number of ether oxygens (including phenoxy) is 1. The van der Waals surface area contributed by atoms with Crippen LogP contribution < -0.4 is 4.74 Å². The number of para-hydroxylation sites is 3. The van der Waals surface area contributed by atoms with Crippen molar-refractivity contribution in [3.8, 4) is 5.75 Å². The highest BCUT2D eigenvalue weighted by molar-refractivity contribution is 8.03. The molecule has 0 aliphatic heterocycles. The van der Waals surface area contributed by atoms with Gasteiger partial charge in [-0.3, -0.25) is 10.1 Å². The zero-order chi connectivity index (χ0) is 22.5. The molecule has 0 unspecified atom stereocenters. The number of carbonyl (C=O) groups is 1. The summed E-state index contributed by atoms with van der Waals surface area (Å²) in [6.07, 6.45) is 1.49. The Morgan fingerprint density at radius 3 is 2.53 bits per heavy atom. The van der Waals surface area contributed by atoms with E-state index in [1.54, 1.807) is 48.5 Å². The van der Waals surface area contributed by atoms with Crippen molar-refractivity contribution in [2.45, 2.75) is 11.8 Å². The van der Waals surface area contributed by atoms with Crippen molar-refractivity contribution < 1.29 is 24.0 Å². The number of fused-ring (bicyclic) bond motifs is 1. The summed E-state index contributed by atoms with van der Waals surface area (Å²) >= 11 is 0.909. The Hall–Kier alpha value is -4.11. The van der Waals surface area contributed by atoms with Gasteiger partial charge in [0.15, 0.2) is 5.58 Å². The third kappa shape index (κ3) is 4.96. The fraction of sp³-hybridized carbons (Fsp3) is 0.0435. The molecule has 9 heteroatoms. The Balaban J connectivity index is 1.54. The lowest BCUT2D eigenvalue weighted by Gasteiger charge is -2.10. The van der Waals surface area contributed by atoms with Gasteiger partial charge >= 0.3 is 5.97 Å². The molecule has 0 saturated carbocycles. The first kappa shape index (κ1) is 21.1. The highest BCUT2D eigenvalue weighted by Crippen LogP contribution is 2.32. The predicted octanol–water partition coefficient (Wildman–Crippen LogP) is 5.53. The van der Waals surface area contributed by atoms with Crippen molar-refractivity contribution in [2.75, 3.05) is 0 Å². The molecule has 0 radical (unpaired) electrons.